The molecule has 1 unspecified atom stereocenters. The zero-order valence-corrected chi connectivity index (χ0v) is 37.7. The second-order valence-electron chi connectivity index (χ2n) is 18.0. The number of halogens is 2. The largest absolute Gasteiger partial charge is 0.385 e. The fourth-order valence-electron chi connectivity index (χ4n) is 10.1. The molecule has 5 aliphatic rings. The van der Waals surface area contributed by atoms with E-state index in [-0.39, 0.29) is 53.9 Å². The molecular weight excluding hydrogens is 867 g/mol. The molecule has 4 aromatic rings. The molecule has 7 heterocycles. The number of aryl methyl sites for hydroxylation is 1. The van der Waals surface area contributed by atoms with Crippen LogP contribution in [0, 0.1) is 0 Å². The summed E-state index contributed by atoms with van der Waals surface area (Å²) in [6.07, 6.45) is 8.87. The molecule has 17 nitrogen and oxygen atoms in total. The van der Waals surface area contributed by atoms with Crippen LogP contribution in [0.4, 0.5) is 26.0 Å². The van der Waals surface area contributed by atoms with E-state index in [1.807, 2.05) is 11.0 Å². The number of nitrogens with zero attached hydrogens (tertiary/aromatic N) is 7. The van der Waals surface area contributed by atoms with E-state index in [9.17, 15) is 37.5 Å². The predicted molar refractivity (Wildman–Crippen MR) is 242 cm³/mol. The van der Waals surface area contributed by atoms with Gasteiger partial charge in [-0.3, -0.25) is 48.3 Å². The van der Waals surface area contributed by atoms with Crippen LogP contribution in [-0.2, 0) is 49.8 Å². The smallest absolute Gasteiger partial charge is 0.264 e. The van der Waals surface area contributed by atoms with Crippen molar-refractivity contribution in [2.75, 3.05) is 49.6 Å². The Hall–Kier alpha value is -6.50. The SMILES string of the molecule is CC(=O)N1CCc2c(c(N3CCCc4cc(-c5cnn(CC(=O)NCCCCCCCNc6ccc7c(c6)C(=O)N(C6CCC(=O)NC6=O)C7=O)c5)c(C(F)F)cc43)nn2C2CCOCC2)C1. The van der Waals surface area contributed by atoms with E-state index < -0.39 is 36.1 Å². The molecule has 0 spiro atoms. The summed E-state index contributed by atoms with van der Waals surface area (Å²) in [5.41, 5.74) is 5.63. The fourth-order valence-corrected chi connectivity index (χ4v) is 10.1. The number of carbonyl (C=O) groups is 6. The Balaban J connectivity index is 0.749. The van der Waals surface area contributed by atoms with E-state index in [0.29, 0.717) is 81.3 Å². The number of hydrogen-bond acceptors (Lipinski definition) is 11. The molecule has 2 fully saturated rings. The van der Waals surface area contributed by atoms with Gasteiger partial charge < -0.3 is 25.2 Å². The molecule has 2 aromatic carbocycles. The number of hydrogen-bond donors (Lipinski definition) is 3. The number of ether oxygens (including phenoxy) is 1. The van der Waals surface area contributed by atoms with Gasteiger partial charge in [-0.25, -0.2) is 8.78 Å². The van der Waals surface area contributed by atoms with Crippen molar-refractivity contribution in [1.29, 1.82) is 0 Å². The minimum absolute atomic E-state index is 0.00646. The first-order valence-electron chi connectivity index (χ1n) is 23.5. The highest BCUT2D eigenvalue weighted by molar-refractivity contribution is 6.23. The van der Waals surface area contributed by atoms with Crippen LogP contribution in [0.5, 0.6) is 0 Å². The number of fused-ring (bicyclic) bond motifs is 3. The summed E-state index contributed by atoms with van der Waals surface area (Å²) >= 11 is 0. The number of amides is 6. The van der Waals surface area contributed by atoms with Crippen molar-refractivity contribution in [3.63, 3.8) is 0 Å². The number of benzene rings is 2. The van der Waals surface area contributed by atoms with Gasteiger partial charge in [-0.1, -0.05) is 19.3 Å². The Bertz CT molecular complexity index is 2590. The Morgan fingerprint density at radius 2 is 1.67 bits per heavy atom. The van der Waals surface area contributed by atoms with Crippen molar-refractivity contribution in [3.8, 4) is 11.1 Å². The highest BCUT2D eigenvalue weighted by Crippen LogP contribution is 2.44. The highest BCUT2D eigenvalue weighted by atomic mass is 19.3. The lowest BCUT2D eigenvalue weighted by Gasteiger charge is -2.33. The summed E-state index contributed by atoms with van der Waals surface area (Å²) in [7, 11) is 0. The summed E-state index contributed by atoms with van der Waals surface area (Å²) in [5, 5.41) is 18.0. The molecule has 0 bridgehead atoms. The summed E-state index contributed by atoms with van der Waals surface area (Å²) < 4.78 is 39.1. The van der Waals surface area contributed by atoms with Gasteiger partial charge in [-0.05, 0) is 86.4 Å². The minimum Gasteiger partial charge on any atom is -0.385 e. The number of aromatic nitrogens is 4. The zero-order chi connectivity index (χ0) is 46.8. The van der Waals surface area contributed by atoms with E-state index in [1.165, 1.54) is 10.9 Å². The van der Waals surface area contributed by atoms with Gasteiger partial charge in [-0.15, -0.1) is 0 Å². The van der Waals surface area contributed by atoms with Crippen LogP contribution in [0.2, 0.25) is 0 Å². The van der Waals surface area contributed by atoms with Gasteiger partial charge >= 0.3 is 0 Å². The third kappa shape index (κ3) is 9.55. The van der Waals surface area contributed by atoms with Crippen LogP contribution in [0.15, 0.2) is 42.7 Å². The third-order valence-corrected chi connectivity index (χ3v) is 13.6. The van der Waals surface area contributed by atoms with Gasteiger partial charge in [0.25, 0.3) is 18.2 Å². The van der Waals surface area contributed by atoms with Crippen molar-refractivity contribution in [2.45, 2.75) is 116 Å². The van der Waals surface area contributed by atoms with Gasteiger partial charge in [0.15, 0.2) is 5.82 Å². The van der Waals surface area contributed by atoms with Crippen molar-refractivity contribution in [3.05, 3.63) is 76.2 Å². The third-order valence-electron chi connectivity index (χ3n) is 13.6. The number of alkyl halides is 2. The van der Waals surface area contributed by atoms with Crippen molar-refractivity contribution in [1.82, 2.24) is 40.0 Å². The number of rotatable bonds is 16. The lowest BCUT2D eigenvalue weighted by molar-refractivity contribution is -0.136. The molecule has 6 amide bonds. The van der Waals surface area contributed by atoms with Crippen LogP contribution in [-0.4, -0.2) is 110 Å². The predicted octanol–water partition coefficient (Wildman–Crippen LogP) is 5.60. The van der Waals surface area contributed by atoms with Crippen LogP contribution in [0.25, 0.3) is 11.1 Å². The van der Waals surface area contributed by atoms with E-state index >= 15 is 0 Å². The summed E-state index contributed by atoms with van der Waals surface area (Å²) in [4.78, 5) is 80.2. The number of anilines is 3. The minimum atomic E-state index is -2.76. The Morgan fingerprint density at radius 3 is 2.45 bits per heavy atom. The number of nitrogens with one attached hydrogen (secondary N) is 3. The van der Waals surface area contributed by atoms with Crippen LogP contribution < -0.4 is 20.9 Å². The maximum Gasteiger partial charge on any atom is 0.264 e. The van der Waals surface area contributed by atoms with E-state index in [0.717, 1.165) is 78.9 Å². The average Bonchev–Trinajstić information content (AvgIpc) is 4.01. The molecule has 2 saturated heterocycles. The van der Waals surface area contributed by atoms with Gasteiger partial charge in [0.1, 0.15) is 12.6 Å². The van der Waals surface area contributed by atoms with E-state index in [4.69, 9.17) is 9.84 Å². The Labute approximate surface area is 386 Å². The van der Waals surface area contributed by atoms with Crippen LogP contribution >= 0.6 is 0 Å². The van der Waals surface area contributed by atoms with Crippen LogP contribution in [0.1, 0.15) is 127 Å². The Morgan fingerprint density at radius 1 is 0.896 bits per heavy atom. The molecule has 1 atom stereocenters. The fraction of sp³-hybridized carbons (Fsp3) is 0.500. The maximum atomic E-state index is 15.0. The topological polar surface area (TPSA) is 193 Å². The number of imide groups is 2. The highest BCUT2D eigenvalue weighted by Gasteiger charge is 2.45. The van der Waals surface area contributed by atoms with Crippen molar-refractivity contribution < 1.29 is 42.3 Å². The molecule has 9 rings (SSSR count). The molecule has 0 radical (unpaired) electrons. The number of carbonyl (C=O) groups excluding carboxylic acids is 6. The van der Waals surface area contributed by atoms with E-state index in [1.54, 1.807) is 37.4 Å². The molecule has 3 N–H and O–H groups in total. The molecule has 0 aliphatic carbocycles. The second kappa shape index (κ2) is 19.8. The van der Waals surface area contributed by atoms with Gasteiger partial charge in [-0.2, -0.15) is 10.2 Å². The first-order valence-corrected chi connectivity index (χ1v) is 23.5. The molecule has 0 saturated carbocycles. The summed E-state index contributed by atoms with van der Waals surface area (Å²) in [6, 6.07) is 7.53. The first kappa shape index (κ1) is 45.6. The van der Waals surface area contributed by atoms with E-state index in [2.05, 4.69) is 30.6 Å². The standard InChI is InChI=1S/C48H56F2N10O7/c1-29(61)56-19-13-39-38(27-56)45(55-60(39)33-14-20-67-21-15-33)58-18-7-8-30-22-35(36(44(49)50)24-41(30)58)31-25-53-57(26-31)28-43(63)52-17-6-4-2-3-5-16-51-32-9-10-34-37(23-32)48(66)59(47(34)65)40-11-12-42(62)54-46(40)64/h9-10,22-26,33,40,44,51H,2-8,11-21,27-28H2,1H3,(H,52,63)(H,54,62,64). The average molecular weight is 923 g/mol. The number of piperidine rings is 1. The summed E-state index contributed by atoms with van der Waals surface area (Å²) in [5.74, 6) is -1.65. The summed E-state index contributed by atoms with van der Waals surface area (Å²) in [6.45, 7) is 5.62. The molecule has 5 aliphatic heterocycles. The monoisotopic (exact) mass is 922 g/mol. The van der Waals surface area contributed by atoms with Crippen molar-refractivity contribution in [2.24, 2.45) is 0 Å². The Kier molecular flexibility index (Phi) is 13.5. The molecule has 67 heavy (non-hydrogen) atoms. The molecule has 2 aromatic heterocycles. The van der Waals surface area contributed by atoms with Crippen molar-refractivity contribution >= 4 is 52.6 Å². The van der Waals surface area contributed by atoms with Crippen LogP contribution in [0.3, 0.4) is 0 Å². The van der Waals surface area contributed by atoms with Gasteiger partial charge in [0, 0.05) is 99.1 Å². The molecule has 354 valence electrons. The van der Waals surface area contributed by atoms with Gasteiger partial charge in [0.2, 0.25) is 23.6 Å². The zero-order valence-electron chi connectivity index (χ0n) is 37.7. The molecular formula is C48H56F2N10O7. The lowest BCUT2D eigenvalue weighted by Crippen LogP contribution is -2.54. The maximum absolute atomic E-state index is 15.0. The number of unbranched alkanes of at least 4 members (excludes halogenated alkanes) is 4. The quantitative estimate of drug-likeness (QED) is 0.0936. The second-order valence-corrected chi connectivity index (χ2v) is 18.0. The normalized spacial score (nSPS) is 18.6. The lowest BCUT2D eigenvalue weighted by atomic mass is 9.92. The first-order chi connectivity index (χ1) is 32.4. The van der Waals surface area contributed by atoms with Gasteiger partial charge in [0.05, 0.1) is 29.9 Å². The molecule has 19 heteroatoms.